The van der Waals surface area contributed by atoms with Gasteiger partial charge in [-0.1, -0.05) is 35.3 Å². The van der Waals surface area contributed by atoms with Crippen molar-refractivity contribution in [2.75, 3.05) is 0 Å². The average molecular weight is 268 g/mol. The molecule has 0 aliphatic heterocycles. The van der Waals surface area contributed by atoms with Crippen LogP contribution >= 0.6 is 23.2 Å². The van der Waals surface area contributed by atoms with Crippen molar-refractivity contribution in [3.8, 4) is 0 Å². The monoisotopic (exact) mass is 267 g/mol. The topological polar surface area (TPSA) is 33.1 Å². The highest BCUT2D eigenvalue weighted by molar-refractivity contribution is 6.35. The lowest BCUT2D eigenvalue weighted by atomic mass is 10.0. The third-order valence-corrected chi connectivity index (χ3v) is 3.04. The number of rotatable bonds is 3. The normalized spacial score (nSPS) is 12.4. The maximum atomic E-state index is 10.1. The fraction of sp³-hybridized carbons (Fsp3) is 0.154. The van der Waals surface area contributed by atoms with Gasteiger partial charge >= 0.3 is 0 Å². The first-order valence-electron chi connectivity index (χ1n) is 5.19. The van der Waals surface area contributed by atoms with Gasteiger partial charge < -0.3 is 5.11 Å². The molecule has 0 bridgehead atoms. The van der Waals surface area contributed by atoms with E-state index in [1.165, 1.54) is 0 Å². The van der Waals surface area contributed by atoms with E-state index in [4.69, 9.17) is 23.2 Å². The Morgan fingerprint density at radius 2 is 2.06 bits per heavy atom. The van der Waals surface area contributed by atoms with Crippen molar-refractivity contribution in [2.24, 2.45) is 0 Å². The van der Waals surface area contributed by atoms with E-state index in [2.05, 4.69) is 4.98 Å². The summed E-state index contributed by atoms with van der Waals surface area (Å²) in [5, 5.41) is 11.1. The number of halogens is 2. The van der Waals surface area contributed by atoms with Gasteiger partial charge in [0.05, 0.1) is 6.10 Å². The fourth-order valence-corrected chi connectivity index (χ4v) is 2.16. The van der Waals surface area contributed by atoms with Gasteiger partial charge in [0.1, 0.15) is 0 Å². The van der Waals surface area contributed by atoms with Gasteiger partial charge in [-0.05, 0) is 29.3 Å². The number of aromatic nitrogens is 1. The van der Waals surface area contributed by atoms with Gasteiger partial charge in [0.2, 0.25) is 0 Å². The van der Waals surface area contributed by atoms with Gasteiger partial charge in [0, 0.05) is 28.9 Å². The molecule has 0 saturated carbocycles. The lowest BCUT2D eigenvalue weighted by Crippen LogP contribution is -2.02. The molecule has 0 spiro atoms. The third kappa shape index (κ3) is 3.19. The minimum Gasteiger partial charge on any atom is -0.388 e. The molecule has 0 aliphatic rings. The molecule has 0 fully saturated rings. The fourth-order valence-electron chi connectivity index (χ4n) is 1.62. The van der Waals surface area contributed by atoms with Crippen molar-refractivity contribution in [2.45, 2.75) is 12.5 Å². The summed E-state index contributed by atoms with van der Waals surface area (Å²) in [6, 6.07) is 8.84. The number of aliphatic hydroxyl groups excluding tert-OH is 1. The zero-order valence-corrected chi connectivity index (χ0v) is 10.5. The Hall–Kier alpha value is -1.09. The summed E-state index contributed by atoms with van der Waals surface area (Å²) in [6.07, 6.45) is 3.26. The lowest BCUT2D eigenvalue weighted by Gasteiger charge is -2.12. The summed E-state index contributed by atoms with van der Waals surface area (Å²) in [7, 11) is 0. The summed E-state index contributed by atoms with van der Waals surface area (Å²) >= 11 is 11.8. The van der Waals surface area contributed by atoms with Crippen LogP contribution in [0.3, 0.4) is 0 Å². The SMILES string of the molecule is OC(Cc1cccnc1)c1ccc(Cl)cc1Cl. The third-order valence-electron chi connectivity index (χ3n) is 2.47. The second-order valence-corrected chi connectivity index (χ2v) is 4.59. The molecule has 4 heteroatoms. The number of hydrogen-bond donors (Lipinski definition) is 1. The zero-order chi connectivity index (χ0) is 12.3. The van der Waals surface area contributed by atoms with E-state index in [-0.39, 0.29) is 0 Å². The molecule has 0 radical (unpaired) electrons. The van der Waals surface area contributed by atoms with E-state index in [1.54, 1.807) is 30.6 Å². The first-order valence-corrected chi connectivity index (χ1v) is 5.94. The number of nitrogens with zero attached hydrogens (tertiary/aromatic N) is 1. The Kier molecular flexibility index (Phi) is 4.00. The van der Waals surface area contributed by atoms with Crippen LogP contribution in [0.4, 0.5) is 0 Å². The van der Waals surface area contributed by atoms with Crippen molar-refractivity contribution in [1.82, 2.24) is 4.98 Å². The van der Waals surface area contributed by atoms with Crippen molar-refractivity contribution in [1.29, 1.82) is 0 Å². The first-order chi connectivity index (χ1) is 8.16. The Morgan fingerprint density at radius 1 is 1.24 bits per heavy atom. The molecule has 17 heavy (non-hydrogen) atoms. The number of benzene rings is 1. The summed E-state index contributed by atoms with van der Waals surface area (Å²) in [5.41, 5.74) is 1.64. The number of hydrogen-bond acceptors (Lipinski definition) is 2. The second-order valence-electron chi connectivity index (χ2n) is 3.75. The van der Waals surface area contributed by atoms with Crippen LogP contribution in [0.15, 0.2) is 42.7 Å². The van der Waals surface area contributed by atoms with Gasteiger partial charge in [0.25, 0.3) is 0 Å². The first kappa shape index (κ1) is 12.4. The molecule has 1 N–H and O–H groups in total. The summed E-state index contributed by atoms with van der Waals surface area (Å²) in [4.78, 5) is 4.00. The predicted octanol–water partition coefficient (Wildman–Crippen LogP) is 3.66. The Balaban J connectivity index is 2.17. The maximum Gasteiger partial charge on any atom is 0.0845 e. The average Bonchev–Trinajstić information content (AvgIpc) is 2.30. The standard InChI is InChI=1S/C13H11Cl2NO/c14-10-3-4-11(12(15)7-10)13(17)6-9-2-1-5-16-8-9/h1-5,7-8,13,17H,6H2. The summed E-state index contributed by atoms with van der Waals surface area (Å²) in [5.74, 6) is 0. The van der Waals surface area contributed by atoms with Crippen LogP contribution in [-0.2, 0) is 6.42 Å². The van der Waals surface area contributed by atoms with Crippen LogP contribution in [0, 0.1) is 0 Å². The van der Waals surface area contributed by atoms with Crippen LogP contribution in [0.25, 0.3) is 0 Å². The molecule has 1 atom stereocenters. The number of aliphatic hydroxyl groups is 1. The smallest absolute Gasteiger partial charge is 0.0845 e. The van der Waals surface area contributed by atoms with Gasteiger partial charge in [-0.25, -0.2) is 0 Å². The number of pyridine rings is 1. The van der Waals surface area contributed by atoms with Crippen LogP contribution in [0.2, 0.25) is 10.0 Å². The summed E-state index contributed by atoms with van der Waals surface area (Å²) < 4.78 is 0. The molecule has 2 aromatic rings. The van der Waals surface area contributed by atoms with Crippen molar-refractivity contribution < 1.29 is 5.11 Å². The van der Waals surface area contributed by atoms with Gasteiger partial charge in [-0.3, -0.25) is 4.98 Å². The molecule has 0 amide bonds. The van der Waals surface area contributed by atoms with Crippen LogP contribution < -0.4 is 0 Å². The molecular formula is C13H11Cl2NO. The molecule has 88 valence electrons. The van der Waals surface area contributed by atoms with E-state index < -0.39 is 6.10 Å². The van der Waals surface area contributed by atoms with Gasteiger partial charge in [-0.2, -0.15) is 0 Å². The van der Waals surface area contributed by atoms with Crippen LogP contribution in [0.1, 0.15) is 17.2 Å². The van der Waals surface area contributed by atoms with Crippen LogP contribution in [-0.4, -0.2) is 10.1 Å². The molecular weight excluding hydrogens is 257 g/mol. The van der Waals surface area contributed by atoms with E-state index in [0.717, 1.165) is 5.56 Å². The van der Waals surface area contributed by atoms with E-state index >= 15 is 0 Å². The zero-order valence-electron chi connectivity index (χ0n) is 8.98. The highest BCUT2D eigenvalue weighted by Gasteiger charge is 2.12. The molecule has 2 nitrogen and oxygen atoms in total. The maximum absolute atomic E-state index is 10.1. The molecule has 0 saturated heterocycles. The van der Waals surface area contributed by atoms with E-state index in [0.29, 0.717) is 22.0 Å². The summed E-state index contributed by atoms with van der Waals surface area (Å²) in [6.45, 7) is 0. The predicted molar refractivity (Wildman–Crippen MR) is 69.4 cm³/mol. The highest BCUT2D eigenvalue weighted by atomic mass is 35.5. The van der Waals surface area contributed by atoms with E-state index in [9.17, 15) is 5.11 Å². The minimum atomic E-state index is -0.649. The second kappa shape index (κ2) is 5.50. The van der Waals surface area contributed by atoms with Crippen LogP contribution in [0.5, 0.6) is 0 Å². The largest absolute Gasteiger partial charge is 0.388 e. The Labute approximate surface area is 110 Å². The molecule has 1 aromatic heterocycles. The lowest BCUT2D eigenvalue weighted by molar-refractivity contribution is 0.178. The highest BCUT2D eigenvalue weighted by Crippen LogP contribution is 2.28. The van der Waals surface area contributed by atoms with E-state index in [1.807, 2.05) is 12.1 Å². The van der Waals surface area contributed by atoms with Crippen molar-refractivity contribution in [3.63, 3.8) is 0 Å². The quantitative estimate of drug-likeness (QED) is 0.921. The molecule has 1 unspecified atom stereocenters. The van der Waals surface area contributed by atoms with Crippen molar-refractivity contribution >= 4 is 23.2 Å². The molecule has 2 rings (SSSR count). The van der Waals surface area contributed by atoms with Gasteiger partial charge in [-0.15, -0.1) is 0 Å². The Bertz CT molecular complexity index is 502. The Morgan fingerprint density at radius 3 is 2.71 bits per heavy atom. The minimum absolute atomic E-state index is 0.480. The molecule has 0 aliphatic carbocycles. The van der Waals surface area contributed by atoms with Crippen molar-refractivity contribution in [3.05, 3.63) is 63.9 Å². The van der Waals surface area contributed by atoms with Gasteiger partial charge in [0.15, 0.2) is 0 Å². The molecule has 1 heterocycles. The molecule has 1 aromatic carbocycles.